The van der Waals surface area contributed by atoms with E-state index in [0.29, 0.717) is 0 Å². The molecule has 110 valence electrons. The second kappa shape index (κ2) is 19.6. The fourth-order valence-corrected chi connectivity index (χ4v) is 1.20. The Bertz CT molecular complexity index is 159. The summed E-state index contributed by atoms with van der Waals surface area (Å²) in [5, 5.41) is 6.72. The van der Waals surface area contributed by atoms with Crippen LogP contribution in [0.25, 0.3) is 0 Å². The van der Waals surface area contributed by atoms with Gasteiger partial charge in [-0.3, -0.25) is 0 Å². The number of hydrogen-bond donors (Lipinski definition) is 6. The minimum atomic E-state index is -3.58. The predicted molar refractivity (Wildman–Crippen MR) is 67.4 cm³/mol. The van der Waals surface area contributed by atoms with Crippen LogP contribution in [0, 0.1) is 0 Å². The molecule has 8 N–H and O–H groups in total. The maximum absolute atomic E-state index is 8.81. The maximum atomic E-state index is 8.81. The summed E-state index contributed by atoms with van der Waals surface area (Å²) in [7, 11) is 0. The van der Waals surface area contributed by atoms with Gasteiger partial charge in [-0.15, -0.1) is 0 Å². The minimum absolute atomic E-state index is 0.785. The molecule has 0 aromatic carbocycles. The first-order valence-corrected chi connectivity index (χ1v) is 8.42. The van der Waals surface area contributed by atoms with Crippen LogP contribution in [0.3, 0.4) is 0 Å². The molecule has 0 bridgehead atoms. The number of unbranched alkanes of at least 4 members (excludes halogenated alkanes) is 1. The molecule has 0 unspecified atom stereocenters. The Labute approximate surface area is 116 Å². The van der Waals surface area contributed by atoms with Gasteiger partial charge in [-0.1, -0.05) is 0 Å². The van der Waals surface area contributed by atoms with Crippen LogP contribution < -0.4 is 22.1 Å². The standard InChI is InChI=1S/C10H26N4.2H2O.O.Ti/c11-5-3-9-13-7-1-2-8-14-10-4-6-12;;;;/h13-14H,1-12H2;2*1H2;;/q;;;;+2/p-2. The summed E-state index contributed by atoms with van der Waals surface area (Å²) in [4.78, 5) is 0. The van der Waals surface area contributed by atoms with Crippen molar-refractivity contribution in [2.45, 2.75) is 25.7 Å². The summed E-state index contributed by atoms with van der Waals surface area (Å²) in [5.74, 6) is 0. The molecular weight excluding hydrogens is 272 g/mol. The molecule has 0 amide bonds. The van der Waals surface area contributed by atoms with Crippen LogP contribution in [0.5, 0.6) is 0 Å². The monoisotopic (exact) mass is 300 g/mol. The SMILES string of the molecule is NCCCNCCCCNCCCN.[O]=[Ti]([OH])[OH]. The quantitative estimate of drug-likeness (QED) is 0.200. The number of rotatable bonds is 11. The Morgan fingerprint density at radius 3 is 1.33 bits per heavy atom. The Morgan fingerprint density at radius 2 is 1.06 bits per heavy atom. The molecule has 0 fully saturated rings. The van der Waals surface area contributed by atoms with Crippen molar-refractivity contribution in [3.63, 3.8) is 0 Å². The van der Waals surface area contributed by atoms with E-state index in [-0.39, 0.29) is 0 Å². The van der Waals surface area contributed by atoms with Crippen molar-refractivity contribution in [1.29, 1.82) is 0 Å². The molecule has 8 heteroatoms. The van der Waals surface area contributed by atoms with Gasteiger partial charge in [-0.2, -0.15) is 0 Å². The molecule has 0 rings (SSSR count). The first-order chi connectivity index (χ1) is 8.65. The van der Waals surface area contributed by atoms with Crippen molar-refractivity contribution in [2.24, 2.45) is 11.5 Å². The van der Waals surface area contributed by atoms with E-state index in [1.807, 2.05) is 0 Å². The van der Waals surface area contributed by atoms with E-state index in [9.17, 15) is 0 Å². The third kappa shape index (κ3) is 29.9. The van der Waals surface area contributed by atoms with Crippen molar-refractivity contribution in [3.05, 3.63) is 0 Å². The first-order valence-electron chi connectivity index (χ1n) is 6.38. The molecule has 7 nitrogen and oxygen atoms in total. The van der Waals surface area contributed by atoms with Crippen LogP contribution in [0.2, 0.25) is 0 Å². The normalized spacial score (nSPS) is 9.78. The van der Waals surface area contributed by atoms with Gasteiger partial charge in [0.2, 0.25) is 0 Å². The van der Waals surface area contributed by atoms with Crippen molar-refractivity contribution >= 4 is 0 Å². The topological polar surface area (TPSA) is 134 Å². The van der Waals surface area contributed by atoms with Gasteiger partial charge in [-0.05, 0) is 65.0 Å². The molecule has 0 aliphatic heterocycles. The van der Waals surface area contributed by atoms with Crippen molar-refractivity contribution in [2.75, 3.05) is 39.3 Å². The van der Waals surface area contributed by atoms with E-state index in [1.165, 1.54) is 12.8 Å². The second-order valence-corrected chi connectivity index (χ2v) is 4.66. The Balaban J connectivity index is 0. The van der Waals surface area contributed by atoms with Gasteiger partial charge in [-0.25, -0.2) is 0 Å². The van der Waals surface area contributed by atoms with E-state index in [0.717, 1.165) is 52.1 Å². The van der Waals surface area contributed by atoms with Crippen LogP contribution in [-0.4, -0.2) is 46.6 Å². The first kappa shape index (κ1) is 20.6. The predicted octanol–water partition coefficient (Wildman–Crippen LogP) is -1.59. The van der Waals surface area contributed by atoms with E-state index >= 15 is 0 Å². The fourth-order valence-electron chi connectivity index (χ4n) is 1.20. The average molecular weight is 300 g/mol. The van der Waals surface area contributed by atoms with Gasteiger partial charge in [0.1, 0.15) is 0 Å². The molecule has 0 atom stereocenters. The van der Waals surface area contributed by atoms with Crippen LogP contribution in [0.4, 0.5) is 0 Å². The summed E-state index contributed by atoms with van der Waals surface area (Å²) < 4.78 is 23.2. The molecule has 0 aromatic rings. The molecular formula is C10H28N4O3Ti. The molecule has 0 spiro atoms. The van der Waals surface area contributed by atoms with Crippen LogP contribution in [0.1, 0.15) is 25.7 Å². The summed E-state index contributed by atoms with van der Waals surface area (Å²) >= 11 is -3.58. The van der Waals surface area contributed by atoms with E-state index in [1.54, 1.807) is 0 Å². The third-order valence-corrected chi connectivity index (χ3v) is 2.07. The van der Waals surface area contributed by atoms with Crippen LogP contribution in [0.15, 0.2) is 0 Å². The van der Waals surface area contributed by atoms with E-state index in [2.05, 4.69) is 10.6 Å². The van der Waals surface area contributed by atoms with Gasteiger partial charge >= 0.3 is 29.3 Å². The van der Waals surface area contributed by atoms with E-state index < -0.39 is 18.6 Å². The molecule has 0 aliphatic carbocycles. The zero-order valence-electron chi connectivity index (χ0n) is 11.0. The molecule has 0 heterocycles. The molecule has 18 heavy (non-hydrogen) atoms. The number of nitrogens with two attached hydrogens (primary N) is 2. The van der Waals surface area contributed by atoms with Crippen LogP contribution in [-0.2, 0) is 21.9 Å². The molecule has 0 aromatic heterocycles. The van der Waals surface area contributed by atoms with Crippen molar-refractivity contribution in [3.8, 4) is 0 Å². The van der Waals surface area contributed by atoms with Crippen molar-refractivity contribution in [1.82, 2.24) is 10.6 Å². The van der Waals surface area contributed by atoms with Gasteiger partial charge in [0.25, 0.3) is 0 Å². The fraction of sp³-hybridized carbons (Fsp3) is 1.00. The van der Waals surface area contributed by atoms with Crippen molar-refractivity contribution < 1.29 is 29.3 Å². The zero-order chi connectivity index (χ0) is 14.1. The Hall–Kier alpha value is 0.274. The molecule has 0 saturated heterocycles. The summed E-state index contributed by atoms with van der Waals surface area (Å²) in [6, 6.07) is 0. The Kier molecular flexibility index (Phi) is 22.4. The van der Waals surface area contributed by atoms with Gasteiger partial charge in [0.15, 0.2) is 0 Å². The van der Waals surface area contributed by atoms with E-state index in [4.69, 9.17) is 22.2 Å². The third-order valence-electron chi connectivity index (χ3n) is 2.07. The van der Waals surface area contributed by atoms with Gasteiger partial charge in [0, 0.05) is 0 Å². The molecule has 0 radical (unpaired) electrons. The zero-order valence-corrected chi connectivity index (χ0v) is 12.6. The molecule has 0 aliphatic rings. The van der Waals surface area contributed by atoms with Gasteiger partial charge < -0.3 is 22.1 Å². The summed E-state index contributed by atoms with van der Waals surface area (Å²) in [5.41, 5.74) is 10.8. The molecule has 0 saturated carbocycles. The second-order valence-electron chi connectivity index (χ2n) is 3.77. The average Bonchev–Trinajstić information content (AvgIpc) is 2.31. The Morgan fingerprint density at radius 1 is 0.778 bits per heavy atom. The van der Waals surface area contributed by atoms with Crippen LogP contribution >= 0.6 is 0 Å². The number of nitrogens with one attached hydrogen (secondary N) is 2. The summed E-state index contributed by atoms with van der Waals surface area (Å²) in [6.07, 6.45) is 4.63. The number of hydrogen-bond acceptors (Lipinski definition) is 5. The summed E-state index contributed by atoms with van der Waals surface area (Å²) in [6.45, 7) is 5.90. The van der Waals surface area contributed by atoms with Gasteiger partial charge in [0.05, 0.1) is 0 Å².